The van der Waals surface area contributed by atoms with Gasteiger partial charge in [-0.15, -0.1) is 0 Å². The number of halogens is 1. The number of aromatic nitrogens is 2. The Kier molecular flexibility index (Phi) is 4.22. The summed E-state index contributed by atoms with van der Waals surface area (Å²) < 4.78 is 13.9. The van der Waals surface area contributed by atoms with Crippen LogP contribution in [0, 0.1) is 11.7 Å². The third kappa shape index (κ3) is 3.27. The van der Waals surface area contributed by atoms with Gasteiger partial charge in [-0.25, -0.2) is 9.37 Å². The molecule has 3 aromatic rings. The Morgan fingerprint density at radius 3 is 3.08 bits per heavy atom. The molecule has 0 spiro atoms. The lowest BCUT2D eigenvalue weighted by molar-refractivity contribution is 0.0668. The summed E-state index contributed by atoms with van der Waals surface area (Å²) >= 11 is 0. The predicted molar refractivity (Wildman–Crippen MR) is 94.8 cm³/mol. The number of aromatic amines is 1. The molecule has 0 aliphatic carbocycles. The van der Waals surface area contributed by atoms with E-state index in [9.17, 15) is 9.18 Å². The van der Waals surface area contributed by atoms with Gasteiger partial charge in [0.25, 0.3) is 5.91 Å². The molecule has 1 aliphatic rings. The van der Waals surface area contributed by atoms with E-state index in [1.807, 2.05) is 18.5 Å². The number of H-pyrrole nitrogens is 1. The SMILES string of the molecule is O=C(c1ccccc1F)N1CCC[C@H](Cc2cnc3[nH]ccc3c2)C1. The molecule has 0 bridgehead atoms. The molecule has 25 heavy (non-hydrogen) atoms. The summed E-state index contributed by atoms with van der Waals surface area (Å²) in [6.45, 7) is 1.36. The number of amides is 1. The van der Waals surface area contributed by atoms with Crippen molar-refractivity contribution >= 4 is 16.9 Å². The van der Waals surface area contributed by atoms with E-state index in [1.54, 1.807) is 23.1 Å². The zero-order chi connectivity index (χ0) is 17.2. The fraction of sp³-hybridized carbons (Fsp3) is 0.300. The zero-order valence-corrected chi connectivity index (χ0v) is 13.9. The normalized spacial score (nSPS) is 17.8. The Balaban J connectivity index is 1.47. The molecule has 3 heterocycles. The quantitative estimate of drug-likeness (QED) is 0.790. The molecule has 0 unspecified atom stereocenters. The van der Waals surface area contributed by atoms with Gasteiger partial charge in [-0.1, -0.05) is 12.1 Å². The van der Waals surface area contributed by atoms with Gasteiger partial charge >= 0.3 is 0 Å². The average Bonchev–Trinajstić information content (AvgIpc) is 3.09. The molecule has 1 saturated heterocycles. The highest BCUT2D eigenvalue weighted by molar-refractivity contribution is 5.94. The summed E-state index contributed by atoms with van der Waals surface area (Å²) in [5.74, 6) is -0.276. The van der Waals surface area contributed by atoms with Gasteiger partial charge < -0.3 is 9.88 Å². The standard InChI is InChI=1S/C20H20FN3O/c21-18-6-2-1-5-17(18)20(25)24-9-3-4-14(13-24)10-15-11-16-7-8-22-19(16)23-12-15/h1-2,5-8,11-12,14H,3-4,9-10,13H2,(H,22,23)/t14-/m1/s1. The molecule has 1 fully saturated rings. The van der Waals surface area contributed by atoms with E-state index in [0.717, 1.165) is 30.3 Å². The minimum atomic E-state index is -0.447. The van der Waals surface area contributed by atoms with Crippen LogP contribution in [0.25, 0.3) is 11.0 Å². The van der Waals surface area contributed by atoms with Crippen LogP contribution in [-0.4, -0.2) is 33.9 Å². The highest BCUT2D eigenvalue weighted by atomic mass is 19.1. The van der Waals surface area contributed by atoms with Gasteiger partial charge in [-0.05, 0) is 55.0 Å². The number of carbonyl (C=O) groups excluding carboxylic acids is 1. The number of nitrogens with zero attached hydrogens (tertiary/aromatic N) is 2. The Bertz CT molecular complexity index is 905. The first kappa shape index (κ1) is 15.8. The van der Waals surface area contributed by atoms with E-state index in [-0.39, 0.29) is 11.5 Å². The van der Waals surface area contributed by atoms with Crippen molar-refractivity contribution in [2.45, 2.75) is 19.3 Å². The third-order valence-corrected chi connectivity index (χ3v) is 4.89. The zero-order valence-electron chi connectivity index (χ0n) is 13.9. The van der Waals surface area contributed by atoms with Gasteiger partial charge in [0.1, 0.15) is 11.5 Å². The van der Waals surface area contributed by atoms with Gasteiger partial charge in [0.15, 0.2) is 0 Å². The fourth-order valence-corrected chi connectivity index (χ4v) is 3.65. The van der Waals surface area contributed by atoms with E-state index < -0.39 is 5.82 Å². The predicted octanol–water partition coefficient (Wildman–Crippen LogP) is 3.80. The van der Waals surface area contributed by atoms with Crippen LogP contribution in [0.15, 0.2) is 48.8 Å². The summed E-state index contributed by atoms with van der Waals surface area (Å²) in [6.07, 6.45) is 6.69. The van der Waals surface area contributed by atoms with Crippen molar-refractivity contribution in [1.82, 2.24) is 14.9 Å². The van der Waals surface area contributed by atoms with Gasteiger partial charge in [0.05, 0.1) is 5.56 Å². The van der Waals surface area contributed by atoms with E-state index in [4.69, 9.17) is 0 Å². The number of fused-ring (bicyclic) bond motifs is 1. The van der Waals surface area contributed by atoms with Crippen LogP contribution in [0.4, 0.5) is 4.39 Å². The summed E-state index contributed by atoms with van der Waals surface area (Å²) in [4.78, 5) is 21.9. The Hall–Kier alpha value is -2.69. The molecule has 2 aromatic heterocycles. The second kappa shape index (κ2) is 6.67. The van der Waals surface area contributed by atoms with E-state index in [2.05, 4.69) is 16.0 Å². The highest BCUT2D eigenvalue weighted by Gasteiger charge is 2.26. The average molecular weight is 337 g/mol. The summed E-state index contributed by atoms with van der Waals surface area (Å²) in [5, 5.41) is 1.10. The van der Waals surface area contributed by atoms with E-state index in [0.29, 0.717) is 19.0 Å². The van der Waals surface area contributed by atoms with Gasteiger partial charge in [0, 0.05) is 30.9 Å². The van der Waals surface area contributed by atoms with Crippen LogP contribution >= 0.6 is 0 Å². The number of hydrogen-bond donors (Lipinski definition) is 1. The van der Waals surface area contributed by atoms with Gasteiger partial charge in [-0.2, -0.15) is 0 Å². The number of hydrogen-bond acceptors (Lipinski definition) is 2. The van der Waals surface area contributed by atoms with Crippen LogP contribution in [0.5, 0.6) is 0 Å². The van der Waals surface area contributed by atoms with Crippen LogP contribution < -0.4 is 0 Å². The number of nitrogens with one attached hydrogen (secondary N) is 1. The number of rotatable bonds is 3. The van der Waals surface area contributed by atoms with Crippen LogP contribution in [0.1, 0.15) is 28.8 Å². The first-order valence-corrected chi connectivity index (χ1v) is 8.66. The first-order chi connectivity index (χ1) is 12.2. The molecule has 1 N–H and O–H groups in total. The number of piperidine rings is 1. The number of carbonyl (C=O) groups is 1. The molecule has 4 nitrogen and oxygen atoms in total. The smallest absolute Gasteiger partial charge is 0.256 e. The van der Waals surface area contributed by atoms with Crippen LogP contribution in [0.2, 0.25) is 0 Å². The van der Waals surface area contributed by atoms with Crippen molar-refractivity contribution in [1.29, 1.82) is 0 Å². The molecule has 0 saturated carbocycles. The monoisotopic (exact) mass is 337 g/mol. The summed E-state index contributed by atoms with van der Waals surface area (Å²) in [5.41, 5.74) is 2.24. The number of benzene rings is 1. The maximum atomic E-state index is 13.9. The fourth-order valence-electron chi connectivity index (χ4n) is 3.65. The minimum Gasteiger partial charge on any atom is -0.346 e. The van der Waals surface area contributed by atoms with Crippen molar-refractivity contribution in [3.05, 3.63) is 65.7 Å². The van der Waals surface area contributed by atoms with Crippen molar-refractivity contribution < 1.29 is 9.18 Å². The second-order valence-corrected chi connectivity index (χ2v) is 6.70. The molecule has 0 radical (unpaired) electrons. The highest BCUT2D eigenvalue weighted by Crippen LogP contribution is 2.24. The Morgan fingerprint density at radius 1 is 1.32 bits per heavy atom. The Labute approximate surface area is 145 Å². The molecule has 4 rings (SSSR count). The lowest BCUT2D eigenvalue weighted by Crippen LogP contribution is -2.40. The van der Waals surface area contributed by atoms with Crippen molar-refractivity contribution in [3.63, 3.8) is 0 Å². The lowest BCUT2D eigenvalue weighted by atomic mass is 9.91. The van der Waals surface area contributed by atoms with Gasteiger partial charge in [-0.3, -0.25) is 4.79 Å². The molecule has 128 valence electrons. The molecular weight excluding hydrogens is 317 g/mol. The molecule has 1 amide bonds. The maximum Gasteiger partial charge on any atom is 0.256 e. The molecular formula is C20H20FN3O. The first-order valence-electron chi connectivity index (χ1n) is 8.66. The van der Waals surface area contributed by atoms with Crippen molar-refractivity contribution in [3.8, 4) is 0 Å². The molecule has 1 atom stereocenters. The van der Waals surface area contributed by atoms with E-state index in [1.165, 1.54) is 11.6 Å². The summed E-state index contributed by atoms with van der Waals surface area (Å²) in [7, 11) is 0. The molecule has 5 heteroatoms. The largest absolute Gasteiger partial charge is 0.346 e. The Morgan fingerprint density at radius 2 is 2.20 bits per heavy atom. The van der Waals surface area contributed by atoms with E-state index >= 15 is 0 Å². The lowest BCUT2D eigenvalue weighted by Gasteiger charge is -2.33. The number of likely N-dealkylation sites (tertiary alicyclic amines) is 1. The molecule has 1 aromatic carbocycles. The van der Waals surface area contributed by atoms with Crippen LogP contribution in [-0.2, 0) is 6.42 Å². The van der Waals surface area contributed by atoms with Crippen molar-refractivity contribution in [2.75, 3.05) is 13.1 Å². The third-order valence-electron chi connectivity index (χ3n) is 4.89. The summed E-state index contributed by atoms with van der Waals surface area (Å²) in [6, 6.07) is 10.4. The van der Waals surface area contributed by atoms with Gasteiger partial charge in [0.2, 0.25) is 0 Å². The van der Waals surface area contributed by atoms with Crippen LogP contribution in [0.3, 0.4) is 0 Å². The number of pyridine rings is 1. The topological polar surface area (TPSA) is 49.0 Å². The maximum absolute atomic E-state index is 13.9. The molecule has 1 aliphatic heterocycles. The second-order valence-electron chi connectivity index (χ2n) is 6.70. The van der Waals surface area contributed by atoms with Crippen molar-refractivity contribution in [2.24, 2.45) is 5.92 Å². The minimum absolute atomic E-state index is 0.165.